The summed E-state index contributed by atoms with van der Waals surface area (Å²) < 4.78 is 1.96. The number of rotatable bonds is 6. The van der Waals surface area contributed by atoms with Crippen molar-refractivity contribution in [3.63, 3.8) is 0 Å². The Morgan fingerprint density at radius 2 is 2.06 bits per heavy atom. The lowest BCUT2D eigenvalue weighted by Gasteiger charge is -2.28. The van der Waals surface area contributed by atoms with Crippen LogP contribution in [0.25, 0.3) is 0 Å². The van der Waals surface area contributed by atoms with Crippen LogP contribution in [-0.2, 0) is 6.54 Å². The van der Waals surface area contributed by atoms with Crippen LogP contribution in [0, 0.1) is 5.41 Å². The summed E-state index contributed by atoms with van der Waals surface area (Å²) >= 11 is 0. The molecule has 106 valence electrons. The third kappa shape index (κ3) is 4.92. The fraction of sp³-hybridized carbons (Fsp3) is 0.833. The molecule has 0 aliphatic heterocycles. The van der Waals surface area contributed by atoms with Crippen LogP contribution in [0.15, 0.2) is 6.33 Å². The Labute approximate surface area is 116 Å². The van der Waals surface area contributed by atoms with Crippen molar-refractivity contribution >= 4 is 12.4 Å². The number of hydrogen-bond acceptors (Lipinski definition) is 4. The molecule has 2 N–H and O–H groups in total. The Morgan fingerprint density at radius 3 is 2.56 bits per heavy atom. The predicted octanol–water partition coefficient (Wildman–Crippen LogP) is 1.70. The molecule has 0 aliphatic carbocycles. The smallest absolute Gasteiger partial charge is 0.141 e. The van der Waals surface area contributed by atoms with Crippen molar-refractivity contribution in [2.75, 3.05) is 20.1 Å². The van der Waals surface area contributed by atoms with E-state index in [4.69, 9.17) is 5.73 Å². The van der Waals surface area contributed by atoms with Gasteiger partial charge in [0.05, 0.1) is 6.54 Å². The molecule has 0 radical (unpaired) electrons. The van der Waals surface area contributed by atoms with Crippen molar-refractivity contribution in [3.05, 3.63) is 12.2 Å². The quantitative estimate of drug-likeness (QED) is 0.858. The number of halogens is 1. The van der Waals surface area contributed by atoms with Gasteiger partial charge in [-0.1, -0.05) is 13.8 Å². The highest BCUT2D eigenvalue weighted by Crippen LogP contribution is 2.15. The lowest BCUT2D eigenvalue weighted by molar-refractivity contribution is 0.202. The summed E-state index contributed by atoms with van der Waals surface area (Å²) in [4.78, 5) is 6.56. The van der Waals surface area contributed by atoms with Gasteiger partial charge in [0.1, 0.15) is 12.2 Å². The summed E-state index contributed by atoms with van der Waals surface area (Å²) in [6.07, 6.45) is 1.62. The largest absolute Gasteiger partial charge is 0.330 e. The molecule has 0 unspecified atom stereocenters. The van der Waals surface area contributed by atoms with Crippen LogP contribution in [0.1, 0.15) is 39.6 Å². The molecule has 5 nitrogen and oxygen atoms in total. The minimum absolute atomic E-state index is 0. The minimum Gasteiger partial charge on any atom is -0.330 e. The molecule has 0 spiro atoms. The summed E-state index contributed by atoms with van der Waals surface area (Å²) in [6.45, 7) is 11.0. The second-order valence-corrected chi connectivity index (χ2v) is 5.76. The molecule has 0 fully saturated rings. The first-order chi connectivity index (χ1) is 7.85. The first-order valence-corrected chi connectivity index (χ1v) is 6.13. The van der Waals surface area contributed by atoms with Crippen LogP contribution in [0.2, 0.25) is 0 Å². The molecule has 0 saturated carbocycles. The molecule has 0 aliphatic rings. The van der Waals surface area contributed by atoms with Gasteiger partial charge in [-0.05, 0) is 32.9 Å². The van der Waals surface area contributed by atoms with E-state index in [0.29, 0.717) is 12.6 Å². The van der Waals surface area contributed by atoms with Crippen molar-refractivity contribution in [1.29, 1.82) is 0 Å². The first kappa shape index (κ1) is 17.4. The maximum atomic E-state index is 5.75. The second kappa shape index (κ2) is 7.07. The van der Waals surface area contributed by atoms with Gasteiger partial charge in [0, 0.05) is 12.6 Å². The standard InChI is InChI=1S/C12H25N5.ClH/c1-10(2)17-11(14-9-15-17)6-16(5)8-12(3,4)7-13;/h9-10H,6-8,13H2,1-5H3;1H. The highest BCUT2D eigenvalue weighted by atomic mass is 35.5. The summed E-state index contributed by atoms with van der Waals surface area (Å²) in [5.74, 6) is 1.01. The highest BCUT2D eigenvalue weighted by molar-refractivity contribution is 5.85. The third-order valence-electron chi connectivity index (χ3n) is 2.80. The Morgan fingerprint density at radius 1 is 1.44 bits per heavy atom. The third-order valence-corrected chi connectivity index (χ3v) is 2.80. The summed E-state index contributed by atoms with van der Waals surface area (Å²) in [5, 5.41) is 4.24. The maximum Gasteiger partial charge on any atom is 0.141 e. The van der Waals surface area contributed by atoms with Crippen molar-refractivity contribution in [2.24, 2.45) is 11.1 Å². The Balaban J connectivity index is 0.00000289. The van der Waals surface area contributed by atoms with E-state index >= 15 is 0 Å². The molecular formula is C12H26ClN5. The van der Waals surface area contributed by atoms with Gasteiger partial charge in [0.15, 0.2) is 0 Å². The molecule has 18 heavy (non-hydrogen) atoms. The summed E-state index contributed by atoms with van der Waals surface area (Å²) in [5.41, 5.74) is 5.88. The van der Waals surface area contributed by atoms with Gasteiger partial charge in [-0.25, -0.2) is 9.67 Å². The lowest BCUT2D eigenvalue weighted by atomic mass is 9.93. The average molecular weight is 276 g/mol. The summed E-state index contributed by atoms with van der Waals surface area (Å²) in [6, 6.07) is 0.350. The van der Waals surface area contributed by atoms with E-state index in [1.165, 1.54) is 0 Å². The van der Waals surface area contributed by atoms with Crippen molar-refractivity contribution in [2.45, 2.75) is 40.3 Å². The molecule has 0 aromatic carbocycles. The maximum absolute atomic E-state index is 5.75. The zero-order chi connectivity index (χ0) is 13.1. The zero-order valence-corrected chi connectivity index (χ0v) is 12.9. The van der Waals surface area contributed by atoms with Crippen LogP contribution in [0.4, 0.5) is 0 Å². The predicted molar refractivity (Wildman–Crippen MR) is 76.8 cm³/mol. The minimum atomic E-state index is 0. The molecule has 0 atom stereocenters. The van der Waals surface area contributed by atoms with Crippen molar-refractivity contribution in [3.8, 4) is 0 Å². The van der Waals surface area contributed by atoms with Gasteiger partial charge in [0.2, 0.25) is 0 Å². The van der Waals surface area contributed by atoms with E-state index < -0.39 is 0 Å². The fourth-order valence-corrected chi connectivity index (χ4v) is 1.91. The zero-order valence-electron chi connectivity index (χ0n) is 12.1. The van der Waals surface area contributed by atoms with Gasteiger partial charge in [-0.15, -0.1) is 12.4 Å². The van der Waals surface area contributed by atoms with Crippen LogP contribution >= 0.6 is 12.4 Å². The Bertz CT molecular complexity index is 348. The molecule has 0 amide bonds. The molecule has 1 aromatic heterocycles. The molecule has 1 aromatic rings. The van der Waals surface area contributed by atoms with Crippen LogP contribution in [0.3, 0.4) is 0 Å². The van der Waals surface area contributed by atoms with E-state index in [-0.39, 0.29) is 17.8 Å². The Hall–Kier alpha value is -0.650. The van der Waals surface area contributed by atoms with E-state index in [2.05, 4.69) is 49.7 Å². The second-order valence-electron chi connectivity index (χ2n) is 5.76. The number of hydrogen-bond donors (Lipinski definition) is 1. The van der Waals surface area contributed by atoms with Gasteiger partial charge < -0.3 is 5.73 Å². The van der Waals surface area contributed by atoms with Crippen LogP contribution in [-0.4, -0.2) is 39.8 Å². The first-order valence-electron chi connectivity index (χ1n) is 6.13. The van der Waals surface area contributed by atoms with Gasteiger partial charge in [0.25, 0.3) is 0 Å². The monoisotopic (exact) mass is 275 g/mol. The molecule has 6 heteroatoms. The summed E-state index contributed by atoms with van der Waals surface area (Å²) in [7, 11) is 2.09. The number of nitrogens with zero attached hydrogens (tertiary/aromatic N) is 4. The molecule has 0 saturated heterocycles. The lowest BCUT2D eigenvalue weighted by Crippen LogP contribution is -2.37. The van der Waals surface area contributed by atoms with Crippen molar-refractivity contribution in [1.82, 2.24) is 19.7 Å². The van der Waals surface area contributed by atoms with Gasteiger partial charge in [-0.3, -0.25) is 4.90 Å². The van der Waals surface area contributed by atoms with E-state index in [0.717, 1.165) is 18.9 Å². The normalized spacial score (nSPS) is 12.0. The van der Waals surface area contributed by atoms with Gasteiger partial charge >= 0.3 is 0 Å². The van der Waals surface area contributed by atoms with Crippen LogP contribution < -0.4 is 5.73 Å². The molecule has 1 heterocycles. The fourth-order valence-electron chi connectivity index (χ4n) is 1.91. The van der Waals surface area contributed by atoms with Crippen molar-refractivity contribution < 1.29 is 0 Å². The number of aromatic nitrogens is 3. The number of nitrogens with two attached hydrogens (primary N) is 1. The SMILES string of the molecule is CC(C)n1ncnc1CN(C)CC(C)(C)CN.Cl. The molecular weight excluding hydrogens is 250 g/mol. The van der Waals surface area contributed by atoms with E-state index in [9.17, 15) is 0 Å². The molecule has 0 bridgehead atoms. The average Bonchev–Trinajstić information content (AvgIpc) is 2.65. The molecule has 1 rings (SSSR count). The Kier molecular flexibility index (Phi) is 6.81. The van der Waals surface area contributed by atoms with E-state index in [1.807, 2.05) is 4.68 Å². The van der Waals surface area contributed by atoms with Gasteiger partial charge in [-0.2, -0.15) is 5.10 Å². The van der Waals surface area contributed by atoms with E-state index in [1.54, 1.807) is 6.33 Å². The highest BCUT2D eigenvalue weighted by Gasteiger charge is 2.19. The topological polar surface area (TPSA) is 60.0 Å². The van der Waals surface area contributed by atoms with Crippen LogP contribution in [0.5, 0.6) is 0 Å².